The minimum absolute atomic E-state index is 0.191. The zero-order valence-corrected chi connectivity index (χ0v) is 10.8. The molecule has 7 heteroatoms. The summed E-state index contributed by atoms with van der Waals surface area (Å²) in [5, 5.41) is 2.14. The Morgan fingerprint density at radius 3 is 2.26 bits per heavy atom. The Morgan fingerprint density at radius 2 is 1.74 bits per heavy atom. The van der Waals surface area contributed by atoms with Crippen LogP contribution in [-0.2, 0) is 4.79 Å². The Morgan fingerprint density at radius 1 is 1.11 bits per heavy atom. The summed E-state index contributed by atoms with van der Waals surface area (Å²) in [5.41, 5.74) is 3.38. The smallest absolute Gasteiger partial charge is 0.304 e. The predicted molar refractivity (Wildman–Crippen MR) is 66.1 cm³/mol. The zero-order chi connectivity index (χ0) is 14.6. The Labute approximate surface area is 109 Å². The summed E-state index contributed by atoms with van der Waals surface area (Å²) in [4.78, 5) is 22.8. The lowest BCUT2D eigenvalue weighted by atomic mass is 9.96. The zero-order valence-electron chi connectivity index (χ0n) is 10.8. The highest BCUT2D eigenvalue weighted by atomic mass is 19.1. The van der Waals surface area contributed by atoms with Gasteiger partial charge in [-0.05, 0) is 12.1 Å². The van der Waals surface area contributed by atoms with Crippen LogP contribution in [0.15, 0.2) is 18.2 Å². The molecule has 1 aromatic rings. The third-order valence-electron chi connectivity index (χ3n) is 2.15. The van der Waals surface area contributed by atoms with Gasteiger partial charge < -0.3 is 5.32 Å². The monoisotopic (exact) mass is 271 g/mol. The van der Waals surface area contributed by atoms with E-state index >= 15 is 0 Å². The number of benzene rings is 1. The molecule has 0 aliphatic heterocycles. The van der Waals surface area contributed by atoms with E-state index in [4.69, 9.17) is 0 Å². The minimum Gasteiger partial charge on any atom is -0.304 e. The summed E-state index contributed by atoms with van der Waals surface area (Å²) in [6, 6.07) is 1.90. The van der Waals surface area contributed by atoms with Crippen LogP contribution < -0.4 is 16.2 Å². The fourth-order valence-corrected chi connectivity index (χ4v) is 1.05. The van der Waals surface area contributed by atoms with Crippen molar-refractivity contribution >= 4 is 17.6 Å². The molecule has 0 saturated heterocycles. The second-order valence-corrected chi connectivity index (χ2v) is 4.91. The third kappa shape index (κ3) is 4.53. The van der Waals surface area contributed by atoms with E-state index in [1.807, 2.05) is 0 Å². The lowest BCUT2D eigenvalue weighted by Crippen LogP contribution is -2.48. The Hall–Kier alpha value is -2.18. The summed E-state index contributed by atoms with van der Waals surface area (Å²) < 4.78 is 25.9. The van der Waals surface area contributed by atoms with Crippen molar-refractivity contribution in [2.45, 2.75) is 20.8 Å². The number of rotatable bonds is 1. The van der Waals surface area contributed by atoms with Gasteiger partial charge in [0.15, 0.2) is 0 Å². The highest BCUT2D eigenvalue weighted by Crippen LogP contribution is 2.14. The van der Waals surface area contributed by atoms with Crippen LogP contribution in [0.4, 0.5) is 19.3 Å². The molecule has 0 atom stereocenters. The second kappa shape index (κ2) is 5.64. The molecule has 1 rings (SSSR count). The summed E-state index contributed by atoms with van der Waals surface area (Å²) in [5.74, 6) is -2.05. The summed E-state index contributed by atoms with van der Waals surface area (Å²) in [7, 11) is 0. The maximum Gasteiger partial charge on any atom is 0.338 e. The topological polar surface area (TPSA) is 70.2 Å². The van der Waals surface area contributed by atoms with Gasteiger partial charge in [0.1, 0.15) is 11.6 Å². The number of nitrogens with one attached hydrogen (secondary N) is 3. The first-order valence-corrected chi connectivity index (χ1v) is 5.52. The highest BCUT2D eigenvalue weighted by molar-refractivity contribution is 5.91. The van der Waals surface area contributed by atoms with E-state index in [1.54, 1.807) is 20.8 Å². The van der Waals surface area contributed by atoms with Crippen LogP contribution in [0.5, 0.6) is 0 Å². The van der Waals surface area contributed by atoms with Crippen molar-refractivity contribution < 1.29 is 18.4 Å². The maximum atomic E-state index is 13.2. The van der Waals surface area contributed by atoms with E-state index in [-0.39, 0.29) is 5.69 Å². The fourth-order valence-electron chi connectivity index (χ4n) is 1.05. The average Bonchev–Trinajstić information content (AvgIpc) is 2.28. The van der Waals surface area contributed by atoms with Gasteiger partial charge >= 0.3 is 6.03 Å². The normalized spacial score (nSPS) is 10.8. The van der Waals surface area contributed by atoms with Crippen LogP contribution >= 0.6 is 0 Å². The van der Waals surface area contributed by atoms with Gasteiger partial charge in [0.2, 0.25) is 5.91 Å². The first-order chi connectivity index (χ1) is 8.70. The van der Waals surface area contributed by atoms with Crippen molar-refractivity contribution in [2.24, 2.45) is 5.41 Å². The number of hydrogen-bond donors (Lipinski definition) is 3. The van der Waals surface area contributed by atoms with Crippen LogP contribution in [0.25, 0.3) is 0 Å². The summed E-state index contributed by atoms with van der Waals surface area (Å²) in [6.45, 7) is 5.00. The molecule has 0 spiro atoms. The molecule has 0 bridgehead atoms. The van der Waals surface area contributed by atoms with Gasteiger partial charge in [0.25, 0.3) is 0 Å². The van der Waals surface area contributed by atoms with E-state index in [2.05, 4.69) is 16.2 Å². The van der Waals surface area contributed by atoms with Crippen molar-refractivity contribution in [2.75, 3.05) is 5.32 Å². The van der Waals surface area contributed by atoms with Gasteiger partial charge in [-0.25, -0.2) is 19.0 Å². The van der Waals surface area contributed by atoms with Crippen LogP contribution in [0.1, 0.15) is 20.8 Å². The number of amides is 3. The van der Waals surface area contributed by atoms with Crippen molar-refractivity contribution in [3.63, 3.8) is 0 Å². The van der Waals surface area contributed by atoms with Crippen molar-refractivity contribution in [3.8, 4) is 0 Å². The van der Waals surface area contributed by atoms with E-state index in [9.17, 15) is 18.4 Å². The molecule has 0 saturated carbocycles. The number of carbonyl (C=O) groups is 2. The molecule has 0 aromatic heterocycles. The molecule has 0 aliphatic rings. The molecular weight excluding hydrogens is 256 g/mol. The standard InChI is InChI=1S/C12H15F2N3O2/c1-12(2,3)10(18)16-17-11(19)15-9-5-4-7(13)6-8(9)14/h4-6H,1-3H3,(H,16,18)(H2,15,17,19). The highest BCUT2D eigenvalue weighted by Gasteiger charge is 2.21. The number of urea groups is 1. The molecular formula is C12H15F2N3O2. The van der Waals surface area contributed by atoms with Gasteiger partial charge in [-0.2, -0.15) is 0 Å². The molecule has 3 amide bonds. The maximum absolute atomic E-state index is 13.2. The van der Waals surface area contributed by atoms with Crippen molar-refractivity contribution in [3.05, 3.63) is 29.8 Å². The van der Waals surface area contributed by atoms with E-state index < -0.39 is 29.0 Å². The Kier molecular flexibility index (Phi) is 4.42. The Balaban J connectivity index is 2.54. The van der Waals surface area contributed by atoms with Crippen LogP contribution in [0.3, 0.4) is 0 Å². The molecule has 5 nitrogen and oxygen atoms in total. The summed E-state index contributed by atoms with van der Waals surface area (Å²) in [6.07, 6.45) is 0. The van der Waals surface area contributed by atoms with Gasteiger partial charge in [-0.1, -0.05) is 20.8 Å². The third-order valence-corrected chi connectivity index (χ3v) is 2.15. The molecule has 0 aliphatic carbocycles. The number of anilines is 1. The molecule has 0 radical (unpaired) electrons. The first-order valence-electron chi connectivity index (χ1n) is 5.52. The van der Waals surface area contributed by atoms with Crippen LogP contribution in [0, 0.1) is 17.0 Å². The van der Waals surface area contributed by atoms with Crippen molar-refractivity contribution in [1.82, 2.24) is 10.9 Å². The molecule has 0 fully saturated rings. The number of carbonyl (C=O) groups excluding carboxylic acids is 2. The minimum atomic E-state index is -0.905. The number of halogens is 2. The van der Waals surface area contributed by atoms with Gasteiger partial charge in [-0.3, -0.25) is 10.2 Å². The quantitative estimate of drug-likeness (QED) is 0.685. The molecule has 0 unspecified atom stereocenters. The number of hydrogen-bond acceptors (Lipinski definition) is 2. The van der Waals surface area contributed by atoms with Crippen molar-refractivity contribution in [1.29, 1.82) is 0 Å². The van der Waals surface area contributed by atoms with Gasteiger partial charge in [0.05, 0.1) is 5.69 Å². The average molecular weight is 271 g/mol. The molecule has 19 heavy (non-hydrogen) atoms. The fraction of sp³-hybridized carbons (Fsp3) is 0.333. The lowest BCUT2D eigenvalue weighted by molar-refractivity contribution is -0.129. The molecule has 1 aromatic carbocycles. The molecule has 0 heterocycles. The van der Waals surface area contributed by atoms with E-state index in [0.29, 0.717) is 6.07 Å². The van der Waals surface area contributed by atoms with Gasteiger partial charge in [-0.15, -0.1) is 0 Å². The summed E-state index contributed by atoms with van der Waals surface area (Å²) >= 11 is 0. The molecule has 3 N–H and O–H groups in total. The molecule has 104 valence electrons. The Bertz CT molecular complexity index is 498. The van der Waals surface area contributed by atoms with E-state index in [0.717, 1.165) is 12.1 Å². The van der Waals surface area contributed by atoms with Gasteiger partial charge in [0, 0.05) is 11.5 Å². The van der Waals surface area contributed by atoms with E-state index in [1.165, 1.54) is 0 Å². The first kappa shape index (κ1) is 14.9. The van der Waals surface area contributed by atoms with Crippen LogP contribution in [-0.4, -0.2) is 11.9 Å². The lowest BCUT2D eigenvalue weighted by Gasteiger charge is -2.18. The predicted octanol–water partition coefficient (Wildman–Crippen LogP) is 2.16. The largest absolute Gasteiger partial charge is 0.338 e. The SMILES string of the molecule is CC(C)(C)C(=O)NNC(=O)Nc1ccc(F)cc1F. The number of hydrazine groups is 1. The van der Waals surface area contributed by atoms with Crippen LogP contribution in [0.2, 0.25) is 0 Å². The second-order valence-electron chi connectivity index (χ2n) is 4.91.